The summed E-state index contributed by atoms with van der Waals surface area (Å²) >= 11 is 6.15. The van der Waals surface area contributed by atoms with Crippen LogP contribution in [0.3, 0.4) is 0 Å². The second kappa shape index (κ2) is 8.92. The van der Waals surface area contributed by atoms with Crippen LogP contribution in [0.2, 0.25) is 5.02 Å². The van der Waals surface area contributed by atoms with Crippen LogP contribution in [-0.2, 0) is 9.53 Å². The molecule has 1 aliphatic rings. The minimum atomic E-state index is -0.458. The highest BCUT2D eigenvalue weighted by Gasteiger charge is 2.18. The normalized spacial score (nSPS) is 14.5. The number of hydrogen-bond donors (Lipinski definition) is 1. The van der Waals surface area contributed by atoms with Crippen LogP contribution in [0.15, 0.2) is 42.0 Å². The van der Waals surface area contributed by atoms with E-state index >= 15 is 0 Å². The molecule has 0 atom stereocenters. The van der Waals surface area contributed by atoms with Crippen LogP contribution in [0.4, 0.5) is 11.4 Å². The van der Waals surface area contributed by atoms with E-state index in [1.807, 2.05) is 44.2 Å². The number of nitrogens with one attached hydrogen (secondary N) is 1. The highest BCUT2D eigenvalue weighted by Crippen LogP contribution is 2.30. The number of morpholine rings is 1. The number of nitriles is 1. The Morgan fingerprint density at radius 2 is 1.96 bits per heavy atom. The van der Waals surface area contributed by atoms with Crippen LogP contribution in [0.25, 0.3) is 6.08 Å². The largest absolute Gasteiger partial charge is 0.378 e. The summed E-state index contributed by atoms with van der Waals surface area (Å²) in [5, 5.41) is 12.9. The van der Waals surface area contributed by atoms with E-state index in [0.29, 0.717) is 23.9 Å². The molecule has 1 saturated heterocycles. The average Bonchev–Trinajstić information content (AvgIpc) is 2.69. The molecule has 0 bridgehead atoms. The number of benzene rings is 2. The summed E-state index contributed by atoms with van der Waals surface area (Å²) < 4.78 is 5.40. The zero-order valence-corrected chi connectivity index (χ0v) is 16.7. The summed E-state index contributed by atoms with van der Waals surface area (Å²) in [4.78, 5) is 14.9. The molecule has 0 aliphatic carbocycles. The molecule has 0 unspecified atom stereocenters. The minimum absolute atomic E-state index is 0.0432. The van der Waals surface area contributed by atoms with Crippen molar-refractivity contribution in [2.75, 3.05) is 36.5 Å². The number of hydrogen-bond acceptors (Lipinski definition) is 4. The van der Waals surface area contributed by atoms with Gasteiger partial charge in [-0.15, -0.1) is 0 Å². The van der Waals surface area contributed by atoms with E-state index in [2.05, 4.69) is 10.2 Å². The Hall–Kier alpha value is -2.81. The van der Waals surface area contributed by atoms with Crippen molar-refractivity contribution >= 4 is 35.0 Å². The SMILES string of the molecule is Cc1ccc(C)c(/C=C(\C#N)C(=O)Nc2cc(Cl)ccc2N2CCOCC2)c1. The first-order valence-corrected chi connectivity index (χ1v) is 9.48. The molecule has 2 aromatic carbocycles. The third-order valence-electron chi connectivity index (χ3n) is 4.66. The number of anilines is 2. The Labute approximate surface area is 170 Å². The molecule has 0 saturated carbocycles. The topological polar surface area (TPSA) is 65.4 Å². The molecule has 1 amide bonds. The maximum absolute atomic E-state index is 12.8. The molecule has 6 heteroatoms. The summed E-state index contributed by atoms with van der Waals surface area (Å²) in [7, 11) is 0. The fraction of sp³-hybridized carbons (Fsp3) is 0.273. The van der Waals surface area contributed by atoms with Gasteiger partial charge in [0.05, 0.1) is 24.6 Å². The third kappa shape index (κ3) is 4.72. The van der Waals surface area contributed by atoms with Gasteiger partial charge in [0.2, 0.25) is 0 Å². The number of amides is 1. The first-order valence-electron chi connectivity index (χ1n) is 9.10. The molecule has 1 N–H and O–H groups in total. The fourth-order valence-corrected chi connectivity index (χ4v) is 3.27. The second-order valence-electron chi connectivity index (χ2n) is 6.74. The van der Waals surface area contributed by atoms with Crippen molar-refractivity contribution in [2.45, 2.75) is 13.8 Å². The quantitative estimate of drug-likeness (QED) is 0.617. The second-order valence-corrected chi connectivity index (χ2v) is 7.18. The maximum atomic E-state index is 12.8. The highest BCUT2D eigenvalue weighted by molar-refractivity contribution is 6.31. The number of aryl methyl sites for hydroxylation is 2. The summed E-state index contributed by atoms with van der Waals surface area (Å²) in [6.07, 6.45) is 1.62. The Kier molecular flexibility index (Phi) is 6.35. The van der Waals surface area contributed by atoms with E-state index in [9.17, 15) is 10.1 Å². The van der Waals surface area contributed by atoms with Gasteiger partial charge in [0.25, 0.3) is 5.91 Å². The maximum Gasteiger partial charge on any atom is 0.266 e. The average molecular weight is 396 g/mol. The van der Waals surface area contributed by atoms with E-state index in [0.717, 1.165) is 35.5 Å². The van der Waals surface area contributed by atoms with Crippen molar-refractivity contribution in [1.82, 2.24) is 0 Å². The Morgan fingerprint density at radius 1 is 1.21 bits per heavy atom. The predicted octanol–water partition coefficient (Wildman–Crippen LogP) is 4.34. The molecule has 0 aromatic heterocycles. The third-order valence-corrected chi connectivity index (χ3v) is 4.89. The molecular formula is C22H22ClN3O2. The molecule has 144 valence electrons. The Balaban J connectivity index is 1.89. The zero-order valence-electron chi connectivity index (χ0n) is 16.0. The van der Waals surface area contributed by atoms with Crippen LogP contribution in [0.1, 0.15) is 16.7 Å². The number of nitrogens with zero attached hydrogens (tertiary/aromatic N) is 2. The van der Waals surface area contributed by atoms with Crippen LogP contribution in [0.5, 0.6) is 0 Å². The van der Waals surface area contributed by atoms with Crippen molar-refractivity contribution in [1.29, 1.82) is 5.26 Å². The lowest BCUT2D eigenvalue weighted by atomic mass is 10.0. The molecule has 1 heterocycles. The highest BCUT2D eigenvalue weighted by atomic mass is 35.5. The first-order chi connectivity index (χ1) is 13.5. The van der Waals surface area contributed by atoms with Crippen molar-refractivity contribution in [3.63, 3.8) is 0 Å². The standard InChI is InChI=1S/C22H22ClN3O2/c1-15-3-4-16(2)17(11-15)12-18(14-24)22(27)25-20-13-19(23)5-6-21(20)26-7-9-28-10-8-26/h3-6,11-13H,7-10H2,1-2H3,(H,25,27)/b18-12+. The van der Waals surface area contributed by atoms with Gasteiger partial charge in [-0.25, -0.2) is 0 Å². The number of halogens is 1. The molecular weight excluding hydrogens is 374 g/mol. The van der Waals surface area contributed by atoms with Gasteiger partial charge in [0.15, 0.2) is 0 Å². The van der Waals surface area contributed by atoms with Gasteiger partial charge >= 0.3 is 0 Å². The lowest BCUT2D eigenvalue weighted by molar-refractivity contribution is -0.112. The van der Waals surface area contributed by atoms with Gasteiger partial charge in [0.1, 0.15) is 11.6 Å². The summed E-state index contributed by atoms with van der Waals surface area (Å²) in [6.45, 7) is 6.65. The number of carbonyl (C=O) groups is 1. The smallest absolute Gasteiger partial charge is 0.266 e. The van der Waals surface area contributed by atoms with Crippen LogP contribution >= 0.6 is 11.6 Å². The molecule has 2 aromatic rings. The van der Waals surface area contributed by atoms with Gasteiger partial charge in [-0.3, -0.25) is 4.79 Å². The summed E-state index contributed by atoms with van der Waals surface area (Å²) in [5.74, 6) is -0.458. The van der Waals surface area contributed by atoms with Crippen LogP contribution < -0.4 is 10.2 Å². The summed E-state index contributed by atoms with van der Waals surface area (Å²) in [6, 6.07) is 13.3. The Bertz CT molecular complexity index is 957. The number of ether oxygens (including phenoxy) is 1. The van der Waals surface area contributed by atoms with Gasteiger partial charge in [0, 0.05) is 18.1 Å². The predicted molar refractivity (Wildman–Crippen MR) is 113 cm³/mol. The monoisotopic (exact) mass is 395 g/mol. The minimum Gasteiger partial charge on any atom is -0.378 e. The van der Waals surface area contributed by atoms with Crippen molar-refractivity contribution in [3.05, 3.63) is 63.7 Å². The van der Waals surface area contributed by atoms with Crippen molar-refractivity contribution in [2.24, 2.45) is 0 Å². The molecule has 28 heavy (non-hydrogen) atoms. The van der Waals surface area contributed by atoms with Gasteiger partial charge in [-0.2, -0.15) is 5.26 Å². The van der Waals surface area contributed by atoms with E-state index in [1.54, 1.807) is 18.2 Å². The van der Waals surface area contributed by atoms with E-state index in [4.69, 9.17) is 16.3 Å². The zero-order chi connectivity index (χ0) is 20.1. The van der Waals surface area contributed by atoms with Gasteiger partial charge in [-0.05, 0) is 49.2 Å². The number of carbonyl (C=O) groups excluding carboxylic acids is 1. The van der Waals surface area contributed by atoms with E-state index in [1.165, 1.54) is 0 Å². The van der Waals surface area contributed by atoms with Gasteiger partial charge < -0.3 is 15.0 Å². The molecule has 1 aliphatic heterocycles. The first kappa shape index (κ1) is 19.9. The van der Waals surface area contributed by atoms with E-state index in [-0.39, 0.29) is 5.57 Å². The molecule has 3 rings (SSSR count). The lowest BCUT2D eigenvalue weighted by Crippen LogP contribution is -2.36. The molecule has 0 spiro atoms. The van der Waals surface area contributed by atoms with Gasteiger partial charge in [-0.1, -0.05) is 35.4 Å². The van der Waals surface area contributed by atoms with Crippen LogP contribution in [0, 0.1) is 25.2 Å². The Morgan fingerprint density at radius 3 is 2.68 bits per heavy atom. The molecule has 0 radical (unpaired) electrons. The van der Waals surface area contributed by atoms with Crippen LogP contribution in [-0.4, -0.2) is 32.2 Å². The summed E-state index contributed by atoms with van der Waals surface area (Å²) in [5.41, 5.74) is 4.42. The van der Waals surface area contributed by atoms with E-state index < -0.39 is 5.91 Å². The van der Waals surface area contributed by atoms with Crippen molar-refractivity contribution in [3.8, 4) is 6.07 Å². The molecule has 1 fully saturated rings. The van der Waals surface area contributed by atoms with Crippen molar-refractivity contribution < 1.29 is 9.53 Å². The number of rotatable bonds is 4. The fourth-order valence-electron chi connectivity index (χ4n) is 3.10. The molecule has 5 nitrogen and oxygen atoms in total. The lowest BCUT2D eigenvalue weighted by Gasteiger charge is -2.30.